The Morgan fingerprint density at radius 3 is 2.50 bits per heavy atom. The fourth-order valence-electron chi connectivity index (χ4n) is 3.05. The van der Waals surface area contributed by atoms with E-state index in [1.807, 2.05) is 0 Å². The average molecular weight is 216 g/mol. The van der Waals surface area contributed by atoms with E-state index in [0.29, 0.717) is 5.41 Å². The molecule has 0 nitrogen and oxygen atoms in total. The molecule has 0 bridgehead atoms. The number of hydrogen-bond donors (Lipinski definition) is 0. The molecule has 2 unspecified atom stereocenters. The molecule has 0 amide bonds. The van der Waals surface area contributed by atoms with Gasteiger partial charge in [0.1, 0.15) is 0 Å². The van der Waals surface area contributed by atoms with Crippen LogP contribution in [0.2, 0.25) is 0 Å². The Morgan fingerprint density at radius 1 is 1.19 bits per heavy atom. The van der Waals surface area contributed by atoms with Crippen LogP contribution in [0, 0.1) is 11.3 Å². The molecule has 0 saturated heterocycles. The lowest BCUT2D eigenvalue weighted by atomic mass is 9.64. The highest BCUT2D eigenvalue weighted by Gasteiger charge is 2.34. The maximum atomic E-state index is 2.48. The van der Waals surface area contributed by atoms with Crippen LogP contribution < -0.4 is 0 Å². The van der Waals surface area contributed by atoms with Crippen molar-refractivity contribution in [3.8, 4) is 0 Å². The maximum Gasteiger partial charge on any atom is -0.0157 e. The molecule has 0 aromatic heterocycles. The number of hydrogen-bond acceptors (Lipinski definition) is 0. The monoisotopic (exact) mass is 216 g/mol. The van der Waals surface area contributed by atoms with Crippen molar-refractivity contribution in [1.29, 1.82) is 0 Å². The summed E-state index contributed by atoms with van der Waals surface area (Å²) in [7, 11) is 0. The first kappa shape index (κ1) is 11.7. The second-order valence-corrected chi connectivity index (χ2v) is 6.01. The Morgan fingerprint density at radius 2 is 1.88 bits per heavy atom. The SMILES string of the molecule is CC(C)C1(C)CCCC(c2ccccc2)C1. The molecular weight excluding hydrogens is 192 g/mol. The van der Waals surface area contributed by atoms with Gasteiger partial charge in [-0.05, 0) is 42.1 Å². The lowest BCUT2D eigenvalue weighted by Crippen LogP contribution is -2.29. The molecule has 0 heterocycles. The third-order valence-corrected chi connectivity index (χ3v) is 4.68. The van der Waals surface area contributed by atoms with E-state index in [4.69, 9.17) is 0 Å². The molecule has 1 aliphatic carbocycles. The van der Waals surface area contributed by atoms with Crippen molar-refractivity contribution in [3.05, 3.63) is 35.9 Å². The van der Waals surface area contributed by atoms with Crippen molar-refractivity contribution < 1.29 is 0 Å². The predicted octanol–water partition coefficient (Wildman–Crippen LogP) is 5.01. The van der Waals surface area contributed by atoms with Gasteiger partial charge in [-0.2, -0.15) is 0 Å². The first-order valence-corrected chi connectivity index (χ1v) is 6.67. The lowest BCUT2D eigenvalue weighted by Gasteiger charge is -2.41. The van der Waals surface area contributed by atoms with Gasteiger partial charge in [0, 0.05) is 0 Å². The topological polar surface area (TPSA) is 0 Å². The fraction of sp³-hybridized carbons (Fsp3) is 0.625. The van der Waals surface area contributed by atoms with Gasteiger partial charge in [0.15, 0.2) is 0 Å². The Bertz CT molecular complexity index is 325. The molecule has 1 aliphatic rings. The molecule has 2 atom stereocenters. The van der Waals surface area contributed by atoms with E-state index in [0.717, 1.165) is 11.8 Å². The second kappa shape index (κ2) is 4.61. The Balaban J connectivity index is 2.14. The van der Waals surface area contributed by atoms with E-state index in [9.17, 15) is 0 Å². The van der Waals surface area contributed by atoms with Crippen LogP contribution in [-0.2, 0) is 0 Å². The predicted molar refractivity (Wildman–Crippen MR) is 70.6 cm³/mol. The molecule has 1 aromatic rings. The smallest absolute Gasteiger partial charge is 0.0157 e. The van der Waals surface area contributed by atoms with Crippen LogP contribution >= 0.6 is 0 Å². The van der Waals surface area contributed by atoms with E-state index in [2.05, 4.69) is 51.1 Å². The normalized spacial score (nSPS) is 30.6. The molecule has 88 valence electrons. The summed E-state index contributed by atoms with van der Waals surface area (Å²) in [6.45, 7) is 7.24. The summed E-state index contributed by atoms with van der Waals surface area (Å²) in [5.74, 6) is 1.60. The molecule has 0 spiro atoms. The van der Waals surface area contributed by atoms with Crippen molar-refractivity contribution in [3.63, 3.8) is 0 Å². The van der Waals surface area contributed by atoms with Gasteiger partial charge in [0.05, 0.1) is 0 Å². The fourth-order valence-corrected chi connectivity index (χ4v) is 3.05. The van der Waals surface area contributed by atoms with Gasteiger partial charge in [-0.3, -0.25) is 0 Å². The molecule has 1 fully saturated rings. The van der Waals surface area contributed by atoms with Gasteiger partial charge >= 0.3 is 0 Å². The highest BCUT2D eigenvalue weighted by Crippen LogP contribution is 2.47. The Kier molecular flexibility index (Phi) is 3.37. The van der Waals surface area contributed by atoms with E-state index >= 15 is 0 Å². The summed E-state index contributed by atoms with van der Waals surface area (Å²) >= 11 is 0. The average Bonchev–Trinajstić information content (AvgIpc) is 2.30. The maximum absolute atomic E-state index is 2.48. The van der Waals surface area contributed by atoms with Crippen LogP contribution in [0.25, 0.3) is 0 Å². The highest BCUT2D eigenvalue weighted by atomic mass is 14.4. The lowest BCUT2D eigenvalue weighted by molar-refractivity contribution is 0.127. The molecule has 0 heteroatoms. The zero-order valence-corrected chi connectivity index (χ0v) is 10.9. The zero-order valence-electron chi connectivity index (χ0n) is 10.9. The standard InChI is InChI=1S/C16H24/c1-13(2)16(3)11-7-10-15(12-16)14-8-5-4-6-9-14/h4-6,8-9,13,15H,7,10-12H2,1-3H3. The van der Waals surface area contributed by atoms with Crippen LogP contribution in [0.1, 0.15) is 57.9 Å². The van der Waals surface area contributed by atoms with Crippen molar-refractivity contribution >= 4 is 0 Å². The number of rotatable bonds is 2. The summed E-state index contributed by atoms with van der Waals surface area (Å²) in [5.41, 5.74) is 2.10. The van der Waals surface area contributed by atoms with E-state index in [-0.39, 0.29) is 0 Å². The molecule has 16 heavy (non-hydrogen) atoms. The largest absolute Gasteiger partial charge is 0.0623 e. The summed E-state index contributed by atoms with van der Waals surface area (Å²) in [6.07, 6.45) is 5.56. The van der Waals surface area contributed by atoms with E-state index in [1.54, 1.807) is 5.56 Å². The van der Waals surface area contributed by atoms with Crippen LogP contribution in [0.4, 0.5) is 0 Å². The minimum absolute atomic E-state index is 0.554. The van der Waals surface area contributed by atoms with E-state index in [1.165, 1.54) is 25.7 Å². The molecule has 2 rings (SSSR count). The minimum atomic E-state index is 0.554. The second-order valence-electron chi connectivity index (χ2n) is 6.01. The highest BCUT2D eigenvalue weighted by molar-refractivity contribution is 5.20. The third-order valence-electron chi connectivity index (χ3n) is 4.68. The molecular formula is C16H24. The van der Waals surface area contributed by atoms with Gasteiger partial charge < -0.3 is 0 Å². The minimum Gasteiger partial charge on any atom is -0.0623 e. The van der Waals surface area contributed by atoms with Crippen LogP contribution in [0.5, 0.6) is 0 Å². The van der Waals surface area contributed by atoms with Crippen molar-refractivity contribution in [2.45, 2.75) is 52.4 Å². The van der Waals surface area contributed by atoms with E-state index < -0.39 is 0 Å². The Hall–Kier alpha value is -0.780. The van der Waals surface area contributed by atoms with Gasteiger partial charge in [0.2, 0.25) is 0 Å². The van der Waals surface area contributed by atoms with Gasteiger partial charge in [-0.15, -0.1) is 0 Å². The summed E-state index contributed by atoms with van der Waals surface area (Å²) in [6, 6.07) is 11.1. The zero-order chi connectivity index (χ0) is 11.6. The van der Waals surface area contributed by atoms with Gasteiger partial charge in [-0.1, -0.05) is 57.5 Å². The van der Waals surface area contributed by atoms with Crippen molar-refractivity contribution in [1.82, 2.24) is 0 Å². The van der Waals surface area contributed by atoms with Crippen LogP contribution in [-0.4, -0.2) is 0 Å². The van der Waals surface area contributed by atoms with Crippen molar-refractivity contribution in [2.24, 2.45) is 11.3 Å². The van der Waals surface area contributed by atoms with Crippen molar-refractivity contribution in [2.75, 3.05) is 0 Å². The summed E-state index contributed by atoms with van der Waals surface area (Å²) in [5, 5.41) is 0. The molecule has 1 saturated carbocycles. The van der Waals surface area contributed by atoms with Gasteiger partial charge in [-0.25, -0.2) is 0 Å². The van der Waals surface area contributed by atoms with Crippen LogP contribution in [0.15, 0.2) is 30.3 Å². The molecule has 0 radical (unpaired) electrons. The summed E-state index contributed by atoms with van der Waals surface area (Å²) in [4.78, 5) is 0. The van der Waals surface area contributed by atoms with Crippen LogP contribution in [0.3, 0.4) is 0 Å². The Labute approximate surface area is 100 Å². The number of benzene rings is 1. The molecule has 0 aliphatic heterocycles. The first-order valence-electron chi connectivity index (χ1n) is 6.67. The molecule has 0 N–H and O–H groups in total. The summed E-state index contributed by atoms with van der Waals surface area (Å²) < 4.78 is 0. The molecule has 1 aromatic carbocycles. The quantitative estimate of drug-likeness (QED) is 0.652. The third kappa shape index (κ3) is 2.31. The first-order chi connectivity index (χ1) is 7.62. The van der Waals surface area contributed by atoms with Gasteiger partial charge in [0.25, 0.3) is 0 Å².